The molecule has 2 N–H and O–H groups in total. The Bertz CT molecular complexity index is 3150. The Morgan fingerprint density at radius 3 is 1.11 bits per heavy atom. The third kappa shape index (κ3) is 10.4. The van der Waals surface area contributed by atoms with Crippen LogP contribution in [0.4, 0.5) is 0 Å². The number of nitrogens with zero attached hydrogens (tertiary/aromatic N) is 3. The summed E-state index contributed by atoms with van der Waals surface area (Å²) in [5.74, 6) is 1.59. The first-order valence-corrected chi connectivity index (χ1v) is 24.0. The Balaban J connectivity index is 0.000000146. The highest BCUT2D eigenvalue weighted by atomic mass is 16.3. The minimum absolute atomic E-state index is 0.249. The molecule has 346 valence electrons. The van der Waals surface area contributed by atoms with Crippen LogP contribution in [0.5, 0.6) is 11.5 Å². The monoisotopic (exact) mass is 913 g/mol. The third-order valence-corrected chi connectivity index (χ3v) is 12.6. The fourth-order valence-electron chi connectivity index (χ4n) is 9.11. The zero-order chi connectivity index (χ0) is 49.6. The molecule has 9 aromatic carbocycles. The molecule has 0 saturated heterocycles. The second-order valence-corrected chi connectivity index (χ2v) is 17.4. The van der Waals surface area contributed by atoms with Gasteiger partial charge < -0.3 is 14.8 Å². The van der Waals surface area contributed by atoms with Crippen molar-refractivity contribution < 1.29 is 10.2 Å². The summed E-state index contributed by atoms with van der Waals surface area (Å²) in [6.07, 6.45) is 0. The van der Waals surface area contributed by atoms with Crippen LogP contribution in [-0.4, -0.2) is 14.8 Å². The van der Waals surface area contributed by atoms with Gasteiger partial charge in [-0.25, -0.2) is 0 Å². The molecule has 10 aromatic rings. The van der Waals surface area contributed by atoms with Crippen LogP contribution in [0.15, 0.2) is 224 Å². The number of aromatic hydroxyl groups is 2. The van der Waals surface area contributed by atoms with E-state index in [0.717, 1.165) is 22.3 Å². The average Bonchev–Trinajstić information content (AvgIpc) is 3.91. The normalized spacial score (nSPS) is 11.5. The molecular weight excluding hydrogens is 855 g/mol. The van der Waals surface area contributed by atoms with Gasteiger partial charge in [-0.05, 0) is 129 Å². The number of fused-ring (bicyclic) bond motifs is 6. The largest absolute Gasteiger partial charge is 0.508 e. The molecule has 1 aliphatic carbocycles. The van der Waals surface area contributed by atoms with Gasteiger partial charge in [-0.15, -0.1) is 0 Å². The van der Waals surface area contributed by atoms with E-state index in [9.17, 15) is 10.2 Å². The van der Waals surface area contributed by atoms with E-state index in [-0.39, 0.29) is 11.5 Å². The minimum Gasteiger partial charge on any atom is -0.508 e. The van der Waals surface area contributed by atoms with Crippen LogP contribution in [0.3, 0.4) is 0 Å². The van der Waals surface area contributed by atoms with Crippen LogP contribution in [0, 0.1) is 22.7 Å². The predicted octanol–water partition coefficient (Wildman–Crippen LogP) is 16.6. The number of hydrogen-bond acceptors (Lipinski definition) is 4. The van der Waals surface area contributed by atoms with Crippen molar-refractivity contribution in [3.63, 3.8) is 0 Å². The Kier molecular flexibility index (Phi) is 16.1. The molecule has 1 aromatic heterocycles. The predicted molar refractivity (Wildman–Crippen MR) is 290 cm³/mol. The average molecular weight is 914 g/mol. The summed E-state index contributed by atoms with van der Waals surface area (Å²) in [5, 5.41) is 39.3. The van der Waals surface area contributed by atoms with Gasteiger partial charge in [0, 0.05) is 16.5 Å². The van der Waals surface area contributed by atoms with Gasteiger partial charge in [0.2, 0.25) is 0 Å². The molecule has 70 heavy (non-hydrogen) atoms. The summed E-state index contributed by atoms with van der Waals surface area (Å²) >= 11 is 0. The number of para-hydroxylation sites is 3. The molecule has 1 heterocycles. The second-order valence-electron chi connectivity index (χ2n) is 17.4. The van der Waals surface area contributed by atoms with Crippen molar-refractivity contribution in [3.05, 3.63) is 269 Å². The molecule has 0 saturated carbocycles. The maximum Gasteiger partial charge on any atom is 0.115 e. The van der Waals surface area contributed by atoms with Crippen LogP contribution >= 0.6 is 0 Å². The van der Waals surface area contributed by atoms with Gasteiger partial charge in [0.1, 0.15) is 11.5 Å². The van der Waals surface area contributed by atoms with E-state index in [1.54, 1.807) is 24.3 Å². The van der Waals surface area contributed by atoms with Crippen LogP contribution in [0.25, 0.3) is 38.6 Å². The Morgan fingerprint density at radius 2 is 0.743 bits per heavy atom. The van der Waals surface area contributed by atoms with E-state index in [0.29, 0.717) is 11.8 Å². The van der Waals surface area contributed by atoms with E-state index in [1.807, 2.05) is 86.6 Å². The summed E-state index contributed by atoms with van der Waals surface area (Å²) in [7, 11) is 0. The molecule has 0 fully saturated rings. The number of rotatable bonds is 5. The molecule has 0 bridgehead atoms. The fourth-order valence-corrected chi connectivity index (χ4v) is 9.11. The fraction of sp³-hybridized carbons (Fsp3) is 0.138. The second kappa shape index (κ2) is 22.9. The number of phenolic OH excluding ortho intramolecular Hbond substituents is 2. The molecule has 5 heteroatoms. The molecule has 1 aliphatic rings. The molecule has 0 amide bonds. The summed E-state index contributed by atoms with van der Waals surface area (Å²) < 4.78 is 2.32. The lowest BCUT2D eigenvalue weighted by atomic mass is 9.68. The molecule has 11 rings (SSSR count). The Labute approximate surface area is 413 Å². The van der Waals surface area contributed by atoms with Crippen LogP contribution in [0.2, 0.25) is 0 Å². The van der Waals surface area contributed by atoms with Gasteiger partial charge >= 0.3 is 0 Å². The van der Waals surface area contributed by atoms with Crippen LogP contribution in [-0.2, 0) is 5.41 Å². The topological polar surface area (TPSA) is 93.0 Å². The van der Waals surface area contributed by atoms with Crippen molar-refractivity contribution in [3.8, 4) is 40.5 Å². The highest BCUT2D eigenvalue weighted by molar-refractivity contribution is 6.09. The standard InChI is InChI=1S/C25H18O2.C18H13N.2C10H11N.C2H6/c26-19-13-9-17(10-14-19)25(18-11-15-20(27)16-12-18)23-7-3-1-5-21(23)22-6-2-4-8-24(22)25;1-2-8-14(9-3-1)19-17-12-6-4-10-15(17)16-11-5-7-13-18(16)19;2*1-8(2)10-5-3-9(7-11)4-6-10;1-2/h1-16,26-27H;1-13H;2*3-6,8H,1-2H3;1-2H3. The van der Waals surface area contributed by atoms with Gasteiger partial charge in [-0.2, -0.15) is 10.5 Å². The van der Waals surface area contributed by atoms with E-state index in [2.05, 4.69) is 172 Å². The van der Waals surface area contributed by atoms with Crippen molar-refractivity contribution in [2.75, 3.05) is 0 Å². The minimum atomic E-state index is -0.491. The highest BCUT2D eigenvalue weighted by Gasteiger charge is 2.45. The van der Waals surface area contributed by atoms with E-state index in [4.69, 9.17) is 10.5 Å². The molecule has 0 spiro atoms. The van der Waals surface area contributed by atoms with Crippen molar-refractivity contribution in [1.29, 1.82) is 10.5 Å². The first kappa shape index (κ1) is 49.3. The van der Waals surface area contributed by atoms with Crippen molar-refractivity contribution >= 4 is 21.8 Å². The van der Waals surface area contributed by atoms with Crippen LogP contribution < -0.4 is 0 Å². The SMILES string of the molecule is CC.CC(C)c1ccc(C#N)cc1.CC(C)c1ccc(C#N)cc1.Oc1ccc(C2(c3ccc(O)cc3)c3ccccc3-c3ccccc32)cc1.c1ccc(-n2c3ccccc3c3ccccc32)cc1. The first-order valence-electron chi connectivity index (χ1n) is 24.0. The zero-order valence-corrected chi connectivity index (χ0v) is 40.8. The lowest BCUT2D eigenvalue weighted by Gasteiger charge is -2.33. The van der Waals surface area contributed by atoms with Gasteiger partial charge in [0.15, 0.2) is 0 Å². The number of benzene rings is 9. The third-order valence-electron chi connectivity index (χ3n) is 12.6. The van der Waals surface area contributed by atoms with Gasteiger partial charge in [0.05, 0.1) is 39.7 Å². The molecular formula is C65H59N3O2. The van der Waals surface area contributed by atoms with Crippen molar-refractivity contribution in [1.82, 2.24) is 4.57 Å². The summed E-state index contributed by atoms with van der Waals surface area (Å²) in [6.45, 7) is 12.6. The first-order chi connectivity index (χ1) is 34.1. The number of hydrogen-bond donors (Lipinski definition) is 2. The molecule has 0 atom stereocenters. The summed E-state index contributed by atoms with van der Waals surface area (Å²) in [5.41, 5.74) is 14.3. The van der Waals surface area contributed by atoms with Crippen molar-refractivity contribution in [2.24, 2.45) is 0 Å². The van der Waals surface area contributed by atoms with Gasteiger partial charge in [-0.3, -0.25) is 0 Å². The zero-order valence-electron chi connectivity index (χ0n) is 40.8. The van der Waals surface area contributed by atoms with Gasteiger partial charge in [-0.1, -0.05) is 193 Å². The van der Waals surface area contributed by atoms with Gasteiger partial charge in [0.25, 0.3) is 0 Å². The lowest BCUT2D eigenvalue weighted by Crippen LogP contribution is -2.28. The maximum atomic E-state index is 9.85. The maximum absolute atomic E-state index is 9.85. The van der Waals surface area contributed by atoms with E-state index in [1.165, 1.54) is 60.9 Å². The van der Waals surface area contributed by atoms with E-state index >= 15 is 0 Å². The number of aromatic nitrogens is 1. The van der Waals surface area contributed by atoms with E-state index < -0.39 is 5.41 Å². The van der Waals surface area contributed by atoms with Crippen molar-refractivity contribution in [2.45, 2.75) is 58.8 Å². The lowest BCUT2D eigenvalue weighted by molar-refractivity contribution is 0.474. The quantitative estimate of drug-likeness (QED) is 0.180. The number of nitriles is 2. The highest BCUT2D eigenvalue weighted by Crippen LogP contribution is 2.56. The molecule has 0 unspecified atom stereocenters. The molecule has 5 nitrogen and oxygen atoms in total. The molecule has 0 aliphatic heterocycles. The number of phenols is 2. The molecule has 0 radical (unpaired) electrons. The Hall–Kier alpha value is -8.64. The smallest absolute Gasteiger partial charge is 0.115 e. The van der Waals surface area contributed by atoms with Crippen LogP contribution in [0.1, 0.15) is 97.9 Å². The summed E-state index contributed by atoms with van der Waals surface area (Å²) in [6, 6.07) is 79.1. The summed E-state index contributed by atoms with van der Waals surface area (Å²) in [4.78, 5) is 0. The Morgan fingerprint density at radius 1 is 0.400 bits per heavy atom.